The summed E-state index contributed by atoms with van der Waals surface area (Å²) in [5.41, 5.74) is 2.66. The summed E-state index contributed by atoms with van der Waals surface area (Å²) in [5.74, 6) is 0. The van der Waals surface area contributed by atoms with Crippen molar-refractivity contribution in [3.63, 3.8) is 0 Å². The van der Waals surface area contributed by atoms with Crippen molar-refractivity contribution in [3.05, 3.63) is 80.6 Å². The fourth-order valence-corrected chi connectivity index (χ4v) is 5.84. The number of nitrogens with zero attached hydrogens (tertiary/aromatic N) is 3. The molecule has 1 aromatic heterocycles. The van der Waals surface area contributed by atoms with Crippen molar-refractivity contribution >= 4 is 26.0 Å². The summed E-state index contributed by atoms with van der Waals surface area (Å²) in [7, 11) is -3.54. The minimum absolute atomic E-state index is 0.212. The second-order valence-electron chi connectivity index (χ2n) is 7.44. The number of sulfonamides is 1. The van der Waals surface area contributed by atoms with E-state index in [1.165, 1.54) is 10.7 Å². The zero-order chi connectivity index (χ0) is 21.3. The molecule has 6 nitrogen and oxygen atoms in total. The minimum Gasteiger partial charge on any atom is -0.268 e. The van der Waals surface area contributed by atoms with Gasteiger partial charge in [0.2, 0.25) is 10.0 Å². The van der Waals surface area contributed by atoms with E-state index in [4.69, 9.17) is 0 Å². The van der Waals surface area contributed by atoms with E-state index in [0.29, 0.717) is 41.4 Å². The number of hydrogen-bond donors (Lipinski definition) is 0. The molecule has 156 valence electrons. The Balaban J connectivity index is 1.72. The highest BCUT2D eigenvalue weighted by Gasteiger charge is 2.28. The first-order valence-corrected chi connectivity index (χ1v) is 12.0. The summed E-state index contributed by atoms with van der Waals surface area (Å²) in [6.45, 7) is 3.24. The van der Waals surface area contributed by atoms with Gasteiger partial charge in [-0.2, -0.15) is 9.40 Å². The van der Waals surface area contributed by atoms with Crippen LogP contribution in [0.3, 0.4) is 0 Å². The standard InChI is InChI=1S/C22H22BrN3O3S/c1-16-7-8-18(14-21(16)30(28,29)25-11-2-3-12-25)20-9-10-22(27)26(24-20)15-17-5-4-6-19(23)13-17/h4-10,13-14H,2-3,11-12,15H2,1H3. The van der Waals surface area contributed by atoms with Crippen molar-refractivity contribution < 1.29 is 8.42 Å². The summed E-state index contributed by atoms with van der Waals surface area (Å²) in [6.07, 6.45) is 1.78. The van der Waals surface area contributed by atoms with E-state index >= 15 is 0 Å². The molecular formula is C22H22BrN3O3S. The maximum Gasteiger partial charge on any atom is 0.267 e. The normalized spacial score (nSPS) is 14.9. The molecule has 0 N–H and O–H groups in total. The minimum atomic E-state index is -3.54. The van der Waals surface area contributed by atoms with E-state index in [1.807, 2.05) is 30.3 Å². The van der Waals surface area contributed by atoms with Gasteiger partial charge in [-0.25, -0.2) is 13.1 Å². The summed E-state index contributed by atoms with van der Waals surface area (Å²) in [5, 5.41) is 4.50. The lowest BCUT2D eigenvalue weighted by Crippen LogP contribution is -2.28. The number of hydrogen-bond acceptors (Lipinski definition) is 4. The topological polar surface area (TPSA) is 72.3 Å². The average molecular weight is 488 g/mol. The molecule has 0 spiro atoms. The fraction of sp³-hybridized carbons (Fsp3) is 0.273. The molecule has 1 fully saturated rings. The van der Waals surface area contributed by atoms with E-state index < -0.39 is 10.0 Å². The maximum atomic E-state index is 13.1. The van der Waals surface area contributed by atoms with Crippen molar-refractivity contribution in [1.29, 1.82) is 0 Å². The molecule has 0 saturated carbocycles. The Labute approximate surface area is 184 Å². The number of aromatic nitrogens is 2. The van der Waals surface area contributed by atoms with Crippen molar-refractivity contribution in [2.45, 2.75) is 31.2 Å². The highest BCUT2D eigenvalue weighted by molar-refractivity contribution is 9.10. The van der Waals surface area contributed by atoms with Gasteiger partial charge in [0, 0.05) is 29.2 Å². The van der Waals surface area contributed by atoms with Gasteiger partial charge < -0.3 is 0 Å². The van der Waals surface area contributed by atoms with Gasteiger partial charge in [-0.05, 0) is 55.2 Å². The molecule has 8 heteroatoms. The average Bonchev–Trinajstić information content (AvgIpc) is 3.26. The van der Waals surface area contributed by atoms with Crippen LogP contribution in [0.25, 0.3) is 11.3 Å². The second-order valence-corrected chi connectivity index (χ2v) is 10.3. The Morgan fingerprint density at radius 1 is 1.03 bits per heavy atom. The highest BCUT2D eigenvalue weighted by Crippen LogP contribution is 2.27. The molecule has 0 atom stereocenters. The number of benzene rings is 2. The molecule has 2 heterocycles. The predicted molar refractivity (Wildman–Crippen MR) is 120 cm³/mol. The van der Waals surface area contributed by atoms with Crippen LogP contribution in [0.5, 0.6) is 0 Å². The smallest absolute Gasteiger partial charge is 0.267 e. The van der Waals surface area contributed by atoms with Crippen LogP contribution in [0.4, 0.5) is 0 Å². The Kier molecular flexibility index (Phi) is 5.90. The molecule has 1 aliphatic rings. The predicted octanol–water partition coefficient (Wildman–Crippen LogP) is 3.81. The van der Waals surface area contributed by atoms with E-state index in [0.717, 1.165) is 22.9 Å². The molecular weight excluding hydrogens is 466 g/mol. The Morgan fingerprint density at radius 2 is 1.80 bits per heavy atom. The third-order valence-corrected chi connectivity index (χ3v) is 7.79. The SMILES string of the molecule is Cc1ccc(-c2ccc(=O)n(Cc3cccc(Br)c3)n2)cc1S(=O)(=O)N1CCCC1. The van der Waals surface area contributed by atoms with Crippen molar-refractivity contribution in [2.75, 3.05) is 13.1 Å². The van der Waals surface area contributed by atoms with Crippen molar-refractivity contribution in [1.82, 2.24) is 14.1 Å². The molecule has 0 amide bonds. The van der Waals surface area contributed by atoms with Gasteiger partial charge >= 0.3 is 0 Å². The lowest BCUT2D eigenvalue weighted by Gasteiger charge is -2.18. The molecule has 0 radical (unpaired) electrons. The van der Waals surface area contributed by atoms with Gasteiger partial charge in [0.1, 0.15) is 0 Å². The van der Waals surface area contributed by atoms with Gasteiger partial charge in [-0.3, -0.25) is 4.79 Å². The molecule has 30 heavy (non-hydrogen) atoms. The first-order valence-electron chi connectivity index (χ1n) is 9.78. The second kappa shape index (κ2) is 8.45. The zero-order valence-electron chi connectivity index (χ0n) is 16.6. The first-order chi connectivity index (χ1) is 14.3. The molecule has 4 rings (SSSR count). The number of aryl methyl sites for hydroxylation is 1. The quantitative estimate of drug-likeness (QED) is 0.548. The molecule has 2 aromatic carbocycles. The van der Waals surface area contributed by atoms with E-state index in [-0.39, 0.29) is 5.56 Å². The van der Waals surface area contributed by atoms with Crippen LogP contribution in [0.2, 0.25) is 0 Å². The van der Waals surface area contributed by atoms with Gasteiger partial charge in [0.15, 0.2) is 0 Å². The number of halogens is 1. The summed E-state index contributed by atoms with van der Waals surface area (Å²) >= 11 is 3.44. The number of rotatable bonds is 5. The van der Waals surface area contributed by atoms with E-state index in [1.54, 1.807) is 29.4 Å². The van der Waals surface area contributed by atoms with Gasteiger partial charge in [0.25, 0.3) is 5.56 Å². The van der Waals surface area contributed by atoms with Gasteiger partial charge in [-0.1, -0.05) is 40.2 Å². The summed E-state index contributed by atoms with van der Waals surface area (Å²) in [4.78, 5) is 12.6. The van der Waals surface area contributed by atoms with Gasteiger partial charge in [0.05, 0.1) is 17.1 Å². The third kappa shape index (κ3) is 4.26. The van der Waals surface area contributed by atoms with Crippen molar-refractivity contribution in [2.24, 2.45) is 0 Å². The lowest BCUT2D eigenvalue weighted by atomic mass is 10.1. The van der Waals surface area contributed by atoms with Crippen LogP contribution in [0.1, 0.15) is 24.0 Å². The van der Waals surface area contributed by atoms with Crippen LogP contribution < -0.4 is 5.56 Å². The van der Waals surface area contributed by atoms with Crippen LogP contribution in [0.15, 0.2) is 68.8 Å². The fourth-order valence-electron chi connectivity index (χ4n) is 3.63. The van der Waals surface area contributed by atoms with Crippen molar-refractivity contribution in [3.8, 4) is 11.3 Å². The Hall–Kier alpha value is -2.29. The Morgan fingerprint density at radius 3 is 2.53 bits per heavy atom. The van der Waals surface area contributed by atoms with Crippen LogP contribution in [-0.4, -0.2) is 35.6 Å². The molecule has 1 saturated heterocycles. The van der Waals surface area contributed by atoms with Crippen LogP contribution >= 0.6 is 15.9 Å². The lowest BCUT2D eigenvalue weighted by molar-refractivity contribution is 0.477. The molecule has 0 unspecified atom stereocenters. The van der Waals surface area contributed by atoms with E-state index in [2.05, 4.69) is 21.0 Å². The molecule has 0 aliphatic carbocycles. The van der Waals surface area contributed by atoms with E-state index in [9.17, 15) is 13.2 Å². The highest BCUT2D eigenvalue weighted by atomic mass is 79.9. The summed E-state index contributed by atoms with van der Waals surface area (Å²) < 4.78 is 30.0. The molecule has 1 aliphatic heterocycles. The monoisotopic (exact) mass is 487 g/mol. The maximum absolute atomic E-state index is 13.1. The summed E-state index contributed by atoms with van der Waals surface area (Å²) in [6, 6.07) is 16.1. The van der Waals surface area contributed by atoms with Gasteiger partial charge in [-0.15, -0.1) is 0 Å². The molecule has 3 aromatic rings. The zero-order valence-corrected chi connectivity index (χ0v) is 19.0. The Bertz CT molecular complexity index is 1250. The largest absolute Gasteiger partial charge is 0.268 e. The van der Waals surface area contributed by atoms with Crippen LogP contribution in [0, 0.1) is 6.92 Å². The van der Waals surface area contributed by atoms with Crippen LogP contribution in [-0.2, 0) is 16.6 Å². The molecule has 0 bridgehead atoms. The first kappa shape index (κ1) is 21.0. The third-order valence-electron chi connectivity index (χ3n) is 5.25.